The summed E-state index contributed by atoms with van der Waals surface area (Å²) in [4.78, 5) is 31.3. The van der Waals surface area contributed by atoms with Crippen molar-refractivity contribution in [2.75, 3.05) is 13.1 Å². The van der Waals surface area contributed by atoms with E-state index in [-0.39, 0.29) is 23.3 Å². The van der Waals surface area contributed by atoms with Crippen LogP contribution in [-0.2, 0) is 4.79 Å². The van der Waals surface area contributed by atoms with Crippen molar-refractivity contribution in [2.24, 2.45) is 5.41 Å². The van der Waals surface area contributed by atoms with Crippen LogP contribution in [0.4, 0.5) is 0 Å². The molecule has 2 aromatic rings. The number of piperidine rings is 1. The number of nitrogens with zero attached hydrogens (tertiary/aromatic N) is 2. The predicted octanol–water partition coefficient (Wildman–Crippen LogP) is 3.42. The van der Waals surface area contributed by atoms with Crippen LogP contribution in [0, 0.1) is 12.3 Å². The molecule has 1 aliphatic heterocycles. The summed E-state index contributed by atoms with van der Waals surface area (Å²) in [5, 5.41) is 3.04. The molecule has 1 fully saturated rings. The number of likely N-dealkylation sites (tertiary alicyclic amines) is 1. The summed E-state index contributed by atoms with van der Waals surface area (Å²) in [7, 11) is 0. The van der Waals surface area contributed by atoms with Crippen LogP contribution in [0.25, 0.3) is 11.5 Å². The Kier molecular flexibility index (Phi) is 5.35. The zero-order valence-corrected chi connectivity index (χ0v) is 16.4. The van der Waals surface area contributed by atoms with Gasteiger partial charge in [-0.2, -0.15) is 0 Å². The third-order valence-corrected chi connectivity index (χ3v) is 4.79. The Bertz CT molecular complexity index is 813. The van der Waals surface area contributed by atoms with Crippen molar-refractivity contribution in [1.29, 1.82) is 0 Å². The van der Waals surface area contributed by atoms with Crippen molar-refractivity contribution in [3.05, 3.63) is 41.8 Å². The summed E-state index contributed by atoms with van der Waals surface area (Å²) in [6, 6.07) is 9.56. The van der Waals surface area contributed by atoms with E-state index in [0.717, 1.165) is 18.4 Å². The van der Waals surface area contributed by atoms with E-state index in [1.807, 2.05) is 56.0 Å². The van der Waals surface area contributed by atoms with Gasteiger partial charge in [-0.1, -0.05) is 39.0 Å². The number of amides is 2. The lowest BCUT2D eigenvalue weighted by atomic mass is 9.93. The highest BCUT2D eigenvalue weighted by Gasteiger charge is 2.31. The van der Waals surface area contributed by atoms with Crippen LogP contribution >= 0.6 is 0 Å². The highest BCUT2D eigenvalue weighted by atomic mass is 16.4. The van der Waals surface area contributed by atoms with E-state index in [0.29, 0.717) is 30.4 Å². The third-order valence-electron chi connectivity index (χ3n) is 4.79. The van der Waals surface area contributed by atoms with Crippen LogP contribution in [0.3, 0.4) is 0 Å². The Morgan fingerprint density at radius 3 is 2.37 bits per heavy atom. The van der Waals surface area contributed by atoms with E-state index in [1.54, 1.807) is 6.92 Å². The fourth-order valence-electron chi connectivity index (χ4n) is 3.27. The summed E-state index contributed by atoms with van der Waals surface area (Å²) in [5.74, 6) is 0.890. The maximum atomic E-state index is 12.6. The summed E-state index contributed by atoms with van der Waals surface area (Å²) < 4.78 is 5.67. The topological polar surface area (TPSA) is 75.4 Å². The molecule has 144 valence electrons. The van der Waals surface area contributed by atoms with Crippen molar-refractivity contribution in [3.63, 3.8) is 0 Å². The molecular formula is C21H27N3O3. The number of oxazole rings is 1. The second-order valence-electron chi connectivity index (χ2n) is 8.08. The molecule has 0 atom stereocenters. The van der Waals surface area contributed by atoms with Gasteiger partial charge in [0.25, 0.3) is 5.91 Å². The van der Waals surface area contributed by atoms with E-state index in [1.165, 1.54) is 0 Å². The maximum absolute atomic E-state index is 12.6. The van der Waals surface area contributed by atoms with Crippen LogP contribution in [-0.4, -0.2) is 40.8 Å². The molecule has 2 heterocycles. The third kappa shape index (κ3) is 4.38. The molecule has 0 bridgehead atoms. The summed E-state index contributed by atoms with van der Waals surface area (Å²) in [5.41, 5.74) is 0.789. The highest BCUT2D eigenvalue weighted by Crippen LogP contribution is 2.23. The molecule has 27 heavy (non-hydrogen) atoms. The van der Waals surface area contributed by atoms with Gasteiger partial charge in [0.15, 0.2) is 5.69 Å². The first kappa shape index (κ1) is 19.1. The standard InChI is InChI=1S/C21H27N3O3/c1-14-17(23-19(27-14)15-8-6-5-7-9-15)18(25)22-16-10-12-24(13-11-16)20(26)21(2,3)4/h5-9,16H,10-13H2,1-4H3,(H,22,25). The Morgan fingerprint density at radius 2 is 1.78 bits per heavy atom. The summed E-state index contributed by atoms with van der Waals surface area (Å²) in [6.07, 6.45) is 1.49. The Balaban J connectivity index is 1.61. The van der Waals surface area contributed by atoms with Gasteiger partial charge in [-0.3, -0.25) is 9.59 Å². The minimum Gasteiger partial charge on any atom is -0.441 e. The highest BCUT2D eigenvalue weighted by molar-refractivity contribution is 5.94. The van der Waals surface area contributed by atoms with Crippen LogP contribution in [0.5, 0.6) is 0 Å². The van der Waals surface area contributed by atoms with Gasteiger partial charge in [-0.15, -0.1) is 0 Å². The number of hydrogen-bond donors (Lipinski definition) is 1. The molecule has 1 aromatic carbocycles. The molecule has 0 spiro atoms. The van der Waals surface area contributed by atoms with Crippen LogP contribution in [0.1, 0.15) is 49.9 Å². The molecule has 0 aliphatic carbocycles. The van der Waals surface area contributed by atoms with Crippen molar-refractivity contribution < 1.29 is 14.0 Å². The number of carbonyl (C=O) groups is 2. The Hall–Kier alpha value is -2.63. The van der Waals surface area contributed by atoms with Gasteiger partial charge in [0, 0.05) is 30.1 Å². The smallest absolute Gasteiger partial charge is 0.273 e. The molecule has 1 aliphatic rings. The monoisotopic (exact) mass is 369 g/mol. The van der Waals surface area contributed by atoms with Gasteiger partial charge in [-0.25, -0.2) is 4.98 Å². The second kappa shape index (κ2) is 7.55. The average Bonchev–Trinajstić information content (AvgIpc) is 3.04. The molecule has 1 N–H and O–H groups in total. The van der Waals surface area contributed by atoms with Gasteiger partial charge in [0.1, 0.15) is 5.76 Å². The van der Waals surface area contributed by atoms with Crippen LogP contribution in [0.15, 0.2) is 34.7 Å². The van der Waals surface area contributed by atoms with E-state index in [4.69, 9.17) is 4.42 Å². The minimum absolute atomic E-state index is 0.0396. The van der Waals surface area contributed by atoms with E-state index >= 15 is 0 Å². The number of rotatable bonds is 3. The Morgan fingerprint density at radius 1 is 1.15 bits per heavy atom. The van der Waals surface area contributed by atoms with Crippen molar-refractivity contribution in [1.82, 2.24) is 15.2 Å². The largest absolute Gasteiger partial charge is 0.441 e. The summed E-state index contributed by atoms with van der Waals surface area (Å²) >= 11 is 0. The molecule has 0 saturated carbocycles. The molecular weight excluding hydrogens is 342 g/mol. The van der Waals surface area contributed by atoms with Gasteiger partial charge in [0.2, 0.25) is 11.8 Å². The van der Waals surface area contributed by atoms with Gasteiger partial charge in [-0.05, 0) is 31.9 Å². The first-order valence-electron chi connectivity index (χ1n) is 9.39. The molecule has 2 amide bonds. The van der Waals surface area contributed by atoms with E-state index < -0.39 is 0 Å². The van der Waals surface area contributed by atoms with E-state index in [9.17, 15) is 9.59 Å². The van der Waals surface area contributed by atoms with Crippen molar-refractivity contribution in [2.45, 2.75) is 46.6 Å². The SMILES string of the molecule is Cc1oc(-c2ccccc2)nc1C(=O)NC1CCN(C(=O)C(C)(C)C)CC1. The molecule has 3 rings (SSSR count). The normalized spacial score (nSPS) is 15.6. The van der Waals surface area contributed by atoms with Crippen LogP contribution < -0.4 is 5.32 Å². The molecule has 1 aromatic heterocycles. The Labute approximate surface area is 160 Å². The first-order chi connectivity index (χ1) is 12.8. The second-order valence-corrected chi connectivity index (χ2v) is 8.08. The van der Waals surface area contributed by atoms with Gasteiger partial charge < -0.3 is 14.6 Å². The number of hydrogen-bond acceptors (Lipinski definition) is 4. The minimum atomic E-state index is -0.373. The number of nitrogens with one attached hydrogen (secondary N) is 1. The molecule has 0 unspecified atom stereocenters. The fraction of sp³-hybridized carbons (Fsp3) is 0.476. The molecule has 1 saturated heterocycles. The average molecular weight is 369 g/mol. The quantitative estimate of drug-likeness (QED) is 0.899. The number of carbonyl (C=O) groups excluding carboxylic acids is 2. The molecule has 6 nitrogen and oxygen atoms in total. The van der Waals surface area contributed by atoms with Crippen molar-refractivity contribution >= 4 is 11.8 Å². The predicted molar refractivity (Wildman–Crippen MR) is 103 cm³/mol. The lowest BCUT2D eigenvalue weighted by Crippen LogP contribution is -2.49. The van der Waals surface area contributed by atoms with Gasteiger partial charge >= 0.3 is 0 Å². The van der Waals surface area contributed by atoms with E-state index in [2.05, 4.69) is 10.3 Å². The lowest BCUT2D eigenvalue weighted by Gasteiger charge is -2.35. The maximum Gasteiger partial charge on any atom is 0.273 e. The van der Waals surface area contributed by atoms with Crippen LogP contribution in [0.2, 0.25) is 0 Å². The number of benzene rings is 1. The summed E-state index contributed by atoms with van der Waals surface area (Å²) in [6.45, 7) is 8.86. The molecule has 6 heteroatoms. The lowest BCUT2D eigenvalue weighted by molar-refractivity contribution is -0.140. The number of aryl methyl sites for hydroxylation is 1. The fourth-order valence-corrected chi connectivity index (χ4v) is 3.27. The zero-order chi connectivity index (χ0) is 19.6. The first-order valence-corrected chi connectivity index (χ1v) is 9.39. The van der Waals surface area contributed by atoms with Gasteiger partial charge in [0.05, 0.1) is 0 Å². The zero-order valence-electron chi connectivity index (χ0n) is 16.4. The number of aromatic nitrogens is 1. The molecule has 0 radical (unpaired) electrons. The van der Waals surface area contributed by atoms with Crippen molar-refractivity contribution in [3.8, 4) is 11.5 Å².